The first-order valence-electron chi connectivity index (χ1n) is 5.03. The minimum Gasteiger partial charge on any atom is -0.383 e. The van der Waals surface area contributed by atoms with Crippen molar-refractivity contribution in [1.29, 1.82) is 0 Å². The standard InChI is InChI=1S/C9H17F3N2O/c1-15-7-6-13-4-5-14-8(2-3-8)9(10,11)12/h13-14H,2-7H2,1H3. The first-order valence-corrected chi connectivity index (χ1v) is 5.03. The maximum absolute atomic E-state index is 12.4. The van der Waals surface area contributed by atoms with Crippen LogP contribution in [0.2, 0.25) is 0 Å². The Labute approximate surface area is 87.4 Å². The minimum absolute atomic E-state index is 0.203. The molecule has 2 N–H and O–H groups in total. The Morgan fingerprint density at radius 3 is 2.33 bits per heavy atom. The van der Waals surface area contributed by atoms with E-state index in [1.54, 1.807) is 7.11 Å². The van der Waals surface area contributed by atoms with Gasteiger partial charge in [-0.2, -0.15) is 13.2 Å². The maximum atomic E-state index is 12.4. The second-order valence-corrected chi connectivity index (χ2v) is 3.75. The van der Waals surface area contributed by atoms with E-state index in [1.807, 2.05) is 0 Å². The summed E-state index contributed by atoms with van der Waals surface area (Å²) in [7, 11) is 1.59. The third kappa shape index (κ3) is 3.62. The van der Waals surface area contributed by atoms with Crippen molar-refractivity contribution >= 4 is 0 Å². The average molecular weight is 226 g/mol. The summed E-state index contributed by atoms with van der Waals surface area (Å²) in [5.74, 6) is 0. The Morgan fingerprint density at radius 2 is 1.87 bits per heavy atom. The molecule has 0 bridgehead atoms. The molecule has 1 aliphatic rings. The van der Waals surface area contributed by atoms with E-state index >= 15 is 0 Å². The van der Waals surface area contributed by atoms with Crippen LogP contribution in [0.5, 0.6) is 0 Å². The highest BCUT2D eigenvalue weighted by Crippen LogP contribution is 2.48. The number of alkyl halides is 3. The lowest BCUT2D eigenvalue weighted by atomic mass is 10.2. The predicted molar refractivity (Wildman–Crippen MR) is 50.8 cm³/mol. The zero-order chi connectivity index (χ0) is 11.4. The van der Waals surface area contributed by atoms with Crippen molar-refractivity contribution in [3.05, 3.63) is 0 Å². The van der Waals surface area contributed by atoms with Gasteiger partial charge in [0.2, 0.25) is 0 Å². The van der Waals surface area contributed by atoms with Crippen molar-refractivity contribution in [2.24, 2.45) is 0 Å². The molecule has 0 aromatic rings. The lowest BCUT2D eigenvalue weighted by molar-refractivity contribution is -0.165. The third-order valence-corrected chi connectivity index (χ3v) is 2.54. The Bertz CT molecular complexity index is 192. The molecule has 1 rings (SSSR count). The number of halogens is 3. The fraction of sp³-hybridized carbons (Fsp3) is 1.00. The van der Waals surface area contributed by atoms with Crippen LogP contribution in [0.4, 0.5) is 13.2 Å². The first kappa shape index (κ1) is 12.7. The summed E-state index contributed by atoms with van der Waals surface area (Å²) in [6.45, 7) is 2.10. The van der Waals surface area contributed by atoms with E-state index in [0.717, 1.165) is 0 Å². The van der Waals surface area contributed by atoms with Crippen LogP contribution in [0.1, 0.15) is 12.8 Å². The fourth-order valence-corrected chi connectivity index (χ4v) is 1.37. The SMILES string of the molecule is COCCNCCNC1(C(F)(F)F)CC1. The molecule has 0 aliphatic heterocycles. The summed E-state index contributed by atoms with van der Waals surface area (Å²) in [6, 6.07) is 0. The van der Waals surface area contributed by atoms with Crippen LogP contribution in [0.15, 0.2) is 0 Å². The van der Waals surface area contributed by atoms with Gasteiger partial charge in [-0.25, -0.2) is 0 Å². The smallest absolute Gasteiger partial charge is 0.383 e. The molecule has 90 valence electrons. The Balaban J connectivity index is 2.05. The van der Waals surface area contributed by atoms with Crippen molar-refractivity contribution < 1.29 is 17.9 Å². The Hall–Kier alpha value is -0.330. The second-order valence-electron chi connectivity index (χ2n) is 3.75. The second kappa shape index (κ2) is 5.14. The van der Waals surface area contributed by atoms with Gasteiger partial charge in [-0.3, -0.25) is 0 Å². The average Bonchev–Trinajstić information content (AvgIpc) is 2.91. The van der Waals surface area contributed by atoms with E-state index < -0.39 is 11.7 Å². The quantitative estimate of drug-likeness (QED) is 0.633. The predicted octanol–water partition coefficient (Wildman–Crippen LogP) is 0.907. The molecular formula is C9H17F3N2O. The summed E-state index contributed by atoms with van der Waals surface area (Å²) >= 11 is 0. The van der Waals surface area contributed by atoms with Gasteiger partial charge in [0.15, 0.2) is 0 Å². The van der Waals surface area contributed by atoms with E-state index in [0.29, 0.717) is 26.2 Å². The first-order chi connectivity index (χ1) is 7.02. The van der Waals surface area contributed by atoms with E-state index in [4.69, 9.17) is 4.74 Å². The zero-order valence-electron chi connectivity index (χ0n) is 8.78. The molecule has 0 unspecified atom stereocenters. The monoisotopic (exact) mass is 226 g/mol. The highest BCUT2D eigenvalue weighted by Gasteiger charge is 2.62. The van der Waals surface area contributed by atoms with Gasteiger partial charge in [0.25, 0.3) is 0 Å². The summed E-state index contributed by atoms with van der Waals surface area (Å²) in [4.78, 5) is 0. The number of ether oxygens (including phenoxy) is 1. The lowest BCUT2D eigenvalue weighted by Gasteiger charge is -2.20. The van der Waals surface area contributed by atoms with Crippen LogP contribution in [0.25, 0.3) is 0 Å². The van der Waals surface area contributed by atoms with Crippen molar-refractivity contribution in [3.63, 3.8) is 0 Å². The molecule has 0 heterocycles. The molecule has 0 atom stereocenters. The number of methoxy groups -OCH3 is 1. The molecule has 0 aromatic carbocycles. The Morgan fingerprint density at radius 1 is 1.20 bits per heavy atom. The highest BCUT2D eigenvalue weighted by atomic mass is 19.4. The van der Waals surface area contributed by atoms with Crippen molar-refractivity contribution in [1.82, 2.24) is 10.6 Å². The highest BCUT2D eigenvalue weighted by molar-refractivity contribution is 5.07. The van der Waals surface area contributed by atoms with E-state index in [-0.39, 0.29) is 12.8 Å². The Kier molecular flexibility index (Phi) is 4.36. The van der Waals surface area contributed by atoms with Gasteiger partial charge in [0.05, 0.1) is 6.61 Å². The minimum atomic E-state index is -4.11. The van der Waals surface area contributed by atoms with Gasteiger partial charge >= 0.3 is 6.18 Å². The van der Waals surface area contributed by atoms with Crippen LogP contribution in [-0.4, -0.2) is 45.1 Å². The molecule has 0 radical (unpaired) electrons. The van der Waals surface area contributed by atoms with Gasteiger partial charge in [-0.15, -0.1) is 0 Å². The summed E-state index contributed by atoms with van der Waals surface area (Å²) in [5, 5.41) is 5.54. The molecule has 15 heavy (non-hydrogen) atoms. The summed E-state index contributed by atoms with van der Waals surface area (Å²) in [6.07, 6.45) is -3.71. The molecule has 1 aliphatic carbocycles. The molecule has 0 saturated heterocycles. The molecule has 0 spiro atoms. The molecular weight excluding hydrogens is 209 g/mol. The van der Waals surface area contributed by atoms with Gasteiger partial charge in [-0.05, 0) is 12.8 Å². The largest absolute Gasteiger partial charge is 0.406 e. The topological polar surface area (TPSA) is 33.3 Å². The number of hydrogen-bond donors (Lipinski definition) is 2. The van der Waals surface area contributed by atoms with E-state index in [1.165, 1.54) is 0 Å². The number of nitrogens with one attached hydrogen (secondary N) is 2. The maximum Gasteiger partial charge on any atom is 0.406 e. The van der Waals surface area contributed by atoms with E-state index in [2.05, 4.69) is 10.6 Å². The molecule has 6 heteroatoms. The van der Waals surface area contributed by atoms with Crippen LogP contribution in [0.3, 0.4) is 0 Å². The molecule has 1 saturated carbocycles. The van der Waals surface area contributed by atoms with Gasteiger partial charge in [-0.1, -0.05) is 0 Å². The lowest BCUT2D eigenvalue weighted by Crippen LogP contribution is -2.47. The fourth-order valence-electron chi connectivity index (χ4n) is 1.37. The number of rotatable bonds is 7. The van der Waals surface area contributed by atoms with Crippen LogP contribution < -0.4 is 10.6 Å². The zero-order valence-corrected chi connectivity index (χ0v) is 8.78. The van der Waals surface area contributed by atoms with Crippen LogP contribution in [0, 0.1) is 0 Å². The molecule has 0 aromatic heterocycles. The number of hydrogen-bond acceptors (Lipinski definition) is 3. The van der Waals surface area contributed by atoms with Crippen molar-refractivity contribution in [3.8, 4) is 0 Å². The third-order valence-electron chi connectivity index (χ3n) is 2.54. The molecule has 1 fully saturated rings. The molecule has 3 nitrogen and oxygen atoms in total. The van der Waals surface area contributed by atoms with Gasteiger partial charge in [0.1, 0.15) is 5.54 Å². The van der Waals surface area contributed by atoms with Gasteiger partial charge in [0, 0.05) is 26.7 Å². The summed E-state index contributed by atoms with van der Waals surface area (Å²) < 4.78 is 42.1. The van der Waals surface area contributed by atoms with Crippen molar-refractivity contribution in [2.45, 2.75) is 24.6 Å². The summed E-state index contributed by atoms with van der Waals surface area (Å²) in [5.41, 5.74) is -1.59. The van der Waals surface area contributed by atoms with Gasteiger partial charge < -0.3 is 15.4 Å². The van der Waals surface area contributed by atoms with E-state index in [9.17, 15) is 13.2 Å². The van der Waals surface area contributed by atoms with Crippen LogP contribution >= 0.6 is 0 Å². The van der Waals surface area contributed by atoms with Crippen LogP contribution in [-0.2, 0) is 4.74 Å². The van der Waals surface area contributed by atoms with Crippen molar-refractivity contribution in [2.75, 3.05) is 33.4 Å². The molecule has 0 amide bonds. The normalized spacial score (nSPS) is 19.2.